The third-order valence-electron chi connectivity index (χ3n) is 7.52. The molecule has 7 aromatic rings. The molecule has 0 unspecified atom stereocenters. The maximum atomic E-state index is 11.5. The second-order valence-corrected chi connectivity index (χ2v) is 9.87. The second-order valence-electron chi connectivity index (χ2n) is 9.87. The molecule has 11 heteroatoms. The minimum Gasteiger partial charge on any atom is -0.425 e. The van der Waals surface area contributed by atoms with Crippen LogP contribution in [0.2, 0.25) is 0 Å². The molecule has 0 saturated carbocycles. The summed E-state index contributed by atoms with van der Waals surface area (Å²) in [6, 6.07) is 31.1. The Morgan fingerprint density at radius 2 is 0.686 bits per heavy atom. The Morgan fingerprint density at radius 3 is 1.02 bits per heavy atom. The molecule has 0 saturated heterocycles. The topological polar surface area (TPSA) is 148 Å². The van der Waals surface area contributed by atoms with Crippen molar-refractivity contribution in [2.75, 3.05) is 0 Å². The molecule has 0 amide bonds. The largest absolute Gasteiger partial charge is 0.425 e. The summed E-state index contributed by atoms with van der Waals surface area (Å²) in [5.74, 6) is 1.87. The molecule has 0 radical (unpaired) electrons. The monoisotopic (exact) mass is 757 g/mol. The summed E-state index contributed by atoms with van der Waals surface area (Å²) in [5.41, 5.74) is 4.96. The number of fused-ring (bicyclic) bond motifs is 20. The van der Waals surface area contributed by atoms with E-state index in [-0.39, 0.29) is 31.7 Å². The van der Waals surface area contributed by atoms with E-state index in [9.17, 15) is 5.21 Å². The Kier molecular flexibility index (Phi) is 14.4. The second kappa shape index (κ2) is 18.2. The molecule has 3 aromatic heterocycles. The summed E-state index contributed by atoms with van der Waals surface area (Å²) in [4.78, 5) is 34.1. The normalized spacial score (nSPS) is 10.1. The van der Waals surface area contributed by atoms with Gasteiger partial charge in [0, 0.05) is 70.5 Å². The van der Waals surface area contributed by atoms with Crippen LogP contribution >= 0.6 is 0 Å². The van der Waals surface area contributed by atoms with E-state index in [1.54, 1.807) is 0 Å². The molecule has 10 nitrogen and oxygen atoms in total. The van der Waals surface area contributed by atoms with E-state index in [1.165, 1.54) is 0 Å². The maximum Gasteiger partial charge on any atom is 0.180 e. The average Bonchev–Trinajstić information content (AvgIpc) is 3.90. The molecular weight excluding hydrogens is 716 g/mol. The first kappa shape index (κ1) is 40.3. The quantitative estimate of drug-likeness (QED) is 0.150. The van der Waals surface area contributed by atoms with Gasteiger partial charge in [0.15, 0.2) is 22.9 Å². The molecular formula is C40H43N8O2Zr-. The van der Waals surface area contributed by atoms with Gasteiger partial charge < -0.3 is 25.6 Å². The summed E-state index contributed by atoms with van der Waals surface area (Å²) in [6.07, 6.45) is 0. The van der Waals surface area contributed by atoms with Crippen molar-refractivity contribution in [3.63, 3.8) is 0 Å². The molecule has 51 heavy (non-hydrogen) atoms. The first-order chi connectivity index (χ1) is 24.2. The Hall–Kier alpha value is -5.12. The number of nitrogens with zero attached hydrogens (tertiary/aromatic N) is 8. The van der Waals surface area contributed by atoms with Gasteiger partial charge in [-0.2, -0.15) is 0 Å². The molecule has 0 atom stereocenters. The van der Waals surface area contributed by atoms with Crippen molar-refractivity contribution in [3.8, 4) is 45.6 Å². The van der Waals surface area contributed by atoms with Crippen LogP contribution in [0.5, 0.6) is 0 Å². The van der Waals surface area contributed by atoms with Gasteiger partial charge in [-0.15, -0.1) is 4.73 Å². The van der Waals surface area contributed by atoms with Crippen LogP contribution in [0.3, 0.4) is 0 Å². The van der Waals surface area contributed by atoms with Crippen molar-refractivity contribution >= 4 is 44.1 Å². The van der Waals surface area contributed by atoms with Gasteiger partial charge in [-0.25, -0.2) is 19.9 Å². The molecule has 9 rings (SSSR count). The number of benzene rings is 4. The third kappa shape index (κ3) is 7.22. The van der Waals surface area contributed by atoms with Crippen molar-refractivity contribution in [2.45, 2.75) is 55.4 Å². The van der Waals surface area contributed by atoms with Crippen LogP contribution in [-0.4, -0.2) is 45.3 Å². The van der Waals surface area contributed by atoms with Gasteiger partial charge in [-0.05, 0) is 10.8 Å². The first-order valence-corrected chi connectivity index (χ1v) is 17.1. The van der Waals surface area contributed by atoms with Crippen molar-refractivity contribution in [2.24, 2.45) is 0 Å². The minimum atomic E-state index is 0. The molecule has 0 aliphatic carbocycles. The zero-order valence-corrected chi connectivity index (χ0v) is 32.7. The van der Waals surface area contributed by atoms with Gasteiger partial charge in [0.1, 0.15) is 0 Å². The zero-order valence-electron chi connectivity index (χ0n) is 30.3. The van der Waals surface area contributed by atoms with E-state index in [2.05, 4.69) is 0 Å². The van der Waals surface area contributed by atoms with E-state index >= 15 is 0 Å². The van der Waals surface area contributed by atoms with Gasteiger partial charge in [0.25, 0.3) is 0 Å². The number of hydrogen-bond donors (Lipinski definition) is 1. The van der Waals surface area contributed by atoms with E-state index in [4.69, 9.17) is 34.9 Å². The minimum absolute atomic E-state index is 0. The van der Waals surface area contributed by atoms with Crippen molar-refractivity contribution in [1.82, 2.24) is 39.6 Å². The summed E-state index contributed by atoms with van der Waals surface area (Å²) in [5, 5.41) is 14.7. The number of aromatic nitrogens is 8. The number of hydrogen-bond acceptors (Lipinski definition) is 7. The van der Waals surface area contributed by atoms with Crippen LogP contribution in [0.25, 0.3) is 89.7 Å². The van der Waals surface area contributed by atoms with E-state index in [1.807, 2.05) is 152 Å². The van der Waals surface area contributed by atoms with E-state index < -0.39 is 0 Å². The Labute approximate surface area is 317 Å². The smallest absolute Gasteiger partial charge is 0.180 e. The summed E-state index contributed by atoms with van der Waals surface area (Å²) in [7, 11) is 0. The van der Waals surface area contributed by atoms with Crippen molar-refractivity contribution in [3.05, 3.63) is 97.1 Å². The fourth-order valence-electron chi connectivity index (χ4n) is 5.61. The van der Waals surface area contributed by atoms with E-state index in [0.29, 0.717) is 45.9 Å². The molecule has 4 aromatic carbocycles. The van der Waals surface area contributed by atoms with Crippen LogP contribution in [-0.2, 0) is 26.2 Å². The molecule has 0 spiro atoms. The predicted molar refractivity (Wildman–Crippen MR) is 205 cm³/mol. The number of rotatable bonds is 0. The summed E-state index contributed by atoms with van der Waals surface area (Å²) >= 11 is 0. The molecule has 5 heterocycles. The maximum absolute atomic E-state index is 11.5. The van der Waals surface area contributed by atoms with Crippen molar-refractivity contribution in [1.29, 1.82) is 0 Å². The van der Waals surface area contributed by atoms with E-state index in [0.717, 1.165) is 48.5 Å². The average molecular weight is 759 g/mol. The van der Waals surface area contributed by atoms with Crippen LogP contribution in [0.15, 0.2) is 97.1 Å². The van der Waals surface area contributed by atoms with Gasteiger partial charge in [-0.1, -0.05) is 152 Å². The van der Waals surface area contributed by atoms with Crippen LogP contribution in [0.4, 0.5) is 0 Å². The molecule has 8 bridgehead atoms. The van der Waals surface area contributed by atoms with Crippen LogP contribution in [0.1, 0.15) is 55.4 Å². The Bertz CT molecular complexity index is 2260. The molecule has 2 aliphatic rings. The van der Waals surface area contributed by atoms with Crippen LogP contribution in [0, 0.1) is 0 Å². The Morgan fingerprint density at radius 1 is 0.412 bits per heavy atom. The van der Waals surface area contributed by atoms with Crippen molar-refractivity contribution < 1.29 is 36.9 Å². The van der Waals surface area contributed by atoms with Crippen LogP contribution < -0.4 is 4.98 Å². The molecule has 0 fully saturated rings. The van der Waals surface area contributed by atoms with Gasteiger partial charge in [-0.3, -0.25) is 0 Å². The van der Waals surface area contributed by atoms with Gasteiger partial charge in [0.05, 0.1) is 11.6 Å². The first-order valence-electron chi connectivity index (χ1n) is 17.1. The fourth-order valence-corrected chi connectivity index (χ4v) is 5.61. The summed E-state index contributed by atoms with van der Waals surface area (Å²) in [6.45, 7) is 16.0. The molecule has 260 valence electrons. The molecule has 3 N–H and O–H groups in total. The summed E-state index contributed by atoms with van der Waals surface area (Å²) < 4.78 is 1.01. The van der Waals surface area contributed by atoms with Gasteiger partial charge in [0.2, 0.25) is 0 Å². The zero-order chi connectivity index (χ0) is 35.1. The Balaban J connectivity index is 0.000000660. The SMILES string of the molecule is CC.CC.CC.CC.O.On1c2nc3nc(nc4[n-]c(nc5nc(nc1c1ccccc12)-c1ccccc1-5)c1ccccc41)-c1ccccc1-3.[Zr]. The predicted octanol–water partition coefficient (Wildman–Crippen LogP) is 9.49. The molecule has 2 aliphatic heterocycles. The standard InChI is InChI=1S/C32H17N8O.4C2H6.H2O.Zr/c41-40-31-23-15-7-8-16-24(23)32(40)39-30-22-14-6-4-12-20(22)28(37-30)35-26-18-10-2-1-9-17(18)25(33-26)34-27-19-11-3-5-13-21(19)29(36-27)38-31;4*1-2;;/h1-16,41H;4*1-2H3;1H2;/q-1;;;;;;. The third-order valence-corrected chi connectivity index (χ3v) is 7.52. The fraction of sp³-hybridized carbons (Fsp3) is 0.200. The van der Waals surface area contributed by atoms with Gasteiger partial charge >= 0.3 is 0 Å².